The number of nitrogens with one attached hydrogen (secondary N) is 1. The highest BCUT2D eigenvalue weighted by Gasteiger charge is 2.21. The number of hydrogen-bond donors (Lipinski definition) is 1. The van der Waals surface area contributed by atoms with Gasteiger partial charge in [0, 0.05) is 6.04 Å². The summed E-state index contributed by atoms with van der Waals surface area (Å²) in [6, 6.07) is 0.656. The zero-order valence-electron chi connectivity index (χ0n) is 8.01. The van der Waals surface area contributed by atoms with Crippen LogP contribution in [0.15, 0.2) is 16.1 Å². The number of rotatable bonds is 4. The van der Waals surface area contributed by atoms with E-state index < -0.39 is 0 Å². The fourth-order valence-corrected chi connectivity index (χ4v) is 1.81. The predicted octanol–water partition coefficient (Wildman–Crippen LogP) is 1.45. The van der Waals surface area contributed by atoms with Crippen molar-refractivity contribution in [3.63, 3.8) is 0 Å². The normalized spacial score (nSPS) is 15.7. The van der Waals surface area contributed by atoms with Crippen molar-refractivity contribution < 1.29 is 4.42 Å². The Bertz CT molecular complexity index is 435. The molecule has 0 spiro atoms. The van der Waals surface area contributed by atoms with Gasteiger partial charge in [0.2, 0.25) is 5.89 Å². The highest BCUT2D eigenvalue weighted by atomic mass is 32.1. The molecule has 0 saturated heterocycles. The molecule has 0 amide bonds. The molecule has 15 heavy (non-hydrogen) atoms. The van der Waals surface area contributed by atoms with E-state index in [1.54, 1.807) is 11.7 Å². The topological polar surface area (TPSA) is 63.8 Å². The average molecular weight is 222 g/mol. The molecule has 6 heteroatoms. The molecule has 1 fully saturated rings. The van der Waals surface area contributed by atoms with Crippen molar-refractivity contribution in [2.24, 2.45) is 0 Å². The van der Waals surface area contributed by atoms with Crippen molar-refractivity contribution in [2.75, 3.05) is 0 Å². The first-order valence-electron chi connectivity index (χ1n) is 4.86. The molecule has 1 aliphatic carbocycles. The van der Waals surface area contributed by atoms with Gasteiger partial charge in [0.25, 0.3) is 5.89 Å². The van der Waals surface area contributed by atoms with Crippen LogP contribution in [0.2, 0.25) is 0 Å². The SMILES string of the molecule is c1ncc(-c2nnc(CNC3CC3)o2)s1. The number of hydrogen-bond acceptors (Lipinski definition) is 6. The molecular weight excluding hydrogens is 212 g/mol. The molecule has 2 heterocycles. The molecule has 3 rings (SSSR count). The molecule has 1 aliphatic rings. The quantitative estimate of drug-likeness (QED) is 0.848. The Morgan fingerprint density at radius 3 is 3.13 bits per heavy atom. The lowest BCUT2D eigenvalue weighted by Gasteiger charge is -1.95. The van der Waals surface area contributed by atoms with Crippen molar-refractivity contribution in [2.45, 2.75) is 25.4 Å². The highest BCUT2D eigenvalue weighted by molar-refractivity contribution is 7.13. The molecule has 5 nitrogen and oxygen atoms in total. The molecule has 2 aromatic heterocycles. The highest BCUT2D eigenvalue weighted by Crippen LogP contribution is 2.22. The van der Waals surface area contributed by atoms with Crippen LogP contribution in [-0.2, 0) is 6.54 Å². The summed E-state index contributed by atoms with van der Waals surface area (Å²) >= 11 is 1.50. The van der Waals surface area contributed by atoms with Crippen LogP contribution in [0.1, 0.15) is 18.7 Å². The minimum Gasteiger partial charge on any atom is -0.418 e. The Morgan fingerprint density at radius 2 is 2.40 bits per heavy atom. The first kappa shape index (κ1) is 8.99. The third-order valence-corrected chi connectivity index (χ3v) is 2.99. The first-order valence-corrected chi connectivity index (χ1v) is 5.74. The summed E-state index contributed by atoms with van der Waals surface area (Å²) in [7, 11) is 0. The second kappa shape index (κ2) is 3.71. The van der Waals surface area contributed by atoms with E-state index in [4.69, 9.17) is 4.42 Å². The van der Waals surface area contributed by atoms with E-state index in [1.807, 2.05) is 0 Å². The van der Waals surface area contributed by atoms with E-state index in [1.165, 1.54) is 24.2 Å². The molecule has 78 valence electrons. The van der Waals surface area contributed by atoms with Gasteiger partial charge in [-0.15, -0.1) is 21.5 Å². The van der Waals surface area contributed by atoms with Gasteiger partial charge < -0.3 is 9.73 Å². The van der Waals surface area contributed by atoms with Gasteiger partial charge in [0.1, 0.15) is 4.88 Å². The predicted molar refractivity (Wildman–Crippen MR) is 55.3 cm³/mol. The molecule has 1 N–H and O–H groups in total. The Labute approximate surface area is 90.6 Å². The molecular formula is C9H10N4OS. The van der Waals surface area contributed by atoms with Gasteiger partial charge in [-0.1, -0.05) is 0 Å². The molecule has 0 unspecified atom stereocenters. The summed E-state index contributed by atoms with van der Waals surface area (Å²) in [6.07, 6.45) is 4.25. The third-order valence-electron chi connectivity index (χ3n) is 2.23. The van der Waals surface area contributed by atoms with Gasteiger partial charge >= 0.3 is 0 Å². The van der Waals surface area contributed by atoms with Crippen molar-refractivity contribution in [1.82, 2.24) is 20.5 Å². The van der Waals surface area contributed by atoms with Crippen LogP contribution in [0, 0.1) is 0 Å². The fraction of sp³-hybridized carbons (Fsp3) is 0.444. The largest absolute Gasteiger partial charge is 0.418 e. The summed E-state index contributed by atoms with van der Waals surface area (Å²) in [5, 5.41) is 11.3. The smallest absolute Gasteiger partial charge is 0.259 e. The zero-order chi connectivity index (χ0) is 10.1. The third kappa shape index (κ3) is 2.05. The summed E-state index contributed by atoms with van der Waals surface area (Å²) in [6.45, 7) is 0.663. The van der Waals surface area contributed by atoms with Crippen LogP contribution >= 0.6 is 11.3 Å². The molecule has 1 saturated carbocycles. The Morgan fingerprint density at radius 1 is 1.47 bits per heavy atom. The standard InChI is InChI=1S/C9H10N4OS/c1-2-6(1)11-4-8-12-13-9(14-8)7-3-10-5-15-7/h3,5-6,11H,1-2,4H2. The second-order valence-corrected chi connectivity index (χ2v) is 4.41. The van der Waals surface area contributed by atoms with Gasteiger partial charge in [-0.25, -0.2) is 0 Å². The van der Waals surface area contributed by atoms with Crippen LogP contribution in [0.5, 0.6) is 0 Å². The average Bonchev–Trinajstić information content (AvgIpc) is 2.78. The van der Waals surface area contributed by atoms with Gasteiger partial charge in [-0.2, -0.15) is 0 Å². The maximum atomic E-state index is 5.49. The Balaban J connectivity index is 1.69. The van der Waals surface area contributed by atoms with Crippen LogP contribution in [-0.4, -0.2) is 21.2 Å². The maximum absolute atomic E-state index is 5.49. The van der Waals surface area contributed by atoms with Crippen LogP contribution in [0.4, 0.5) is 0 Å². The summed E-state index contributed by atoms with van der Waals surface area (Å²) in [5.74, 6) is 1.20. The number of aromatic nitrogens is 3. The molecule has 0 radical (unpaired) electrons. The van der Waals surface area contributed by atoms with Gasteiger partial charge in [-0.3, -0.25) is 4.98 Å². The van der Waals surface area contributed by atoms with E-state index >= 15 is 0 Å². The lowest BCUT2D eigenvalue weighted by Crippen LogP contribution is -2.15. The summed E-state index contributed by atoms with van der Waals surface area (Å²) in [4.78, 5) is 4.88. The van der Waals surface area contributed by atoms with Crippen molar-refractivity contribution in [1.29, 1.82) is 0 Å². The van der Waals surface area contributed by atoms with Crippen LogP contribution in [0.25, 0.3) is 10.8 Å². The van der Waals surface area contributed by atoms with E-state index in [9.17, 15) is 0 Å². The van der Waals surface area contributed by atoms with E-state index in [0.29, 0.717) is 24.4 Å². The maximum Gasteiger partial charge on any atom is 0.259 e. The van der Waals surface area contributed by atoms with Gasteiger partial charge in [-0.05, 0) is 12.8 Å². The van der Waals surface area contributed by atoms with Crippen molar-refractivity contribution in [3.05, 3.63) is 17.6 Å². The van der Waals surface area contributed by atoms with Crippen LogP contribution in [0.3, 0.4) is 0 Å². The van der Waals surface area contributed by atoms with Crippen molar-refractivity contribution >= 4 is 11.3 Å². The molecule has 0 aromatic carbocycles. The molecule has 2 aromatic rings. The summed E-state index contributed by atoms with van der Waals surface area (Å²) < 4.78 is 5.49. The monoisotopic (exact) mass is 222 g/mol. The lowest BCUT2D eigenvalue weighted by atomic mass is 10.5. The molecule has 0 atom stereocenters. The summed E-state index contributed by atoms with van der Waals surface area (Å²) in [5.41, 5.74) is 1.75. The number of thiazole rings is 1. The molecule has 0 bridgehead atoms. The Hall–Kier alpha value is -1.27. The minimum absolute atomic E-state index is 0.560. The molecule has 0 aliphatic heterocycles. The van der Waals surface area contributed by atoms with E-state index in [-0.39, 0.29) is 0 Å². The fourth-order valence-electron chi connectivity index (χ4n) is 1.27. The first-order chi connectivity index (χ1) is 7.42. The van der Waals surface area contributed by atoms with Crippen molar-refractivity contribution in [3.8, 4) is 10.8 Å². The minimum atomic E-state index is 0.560. The Kier molecular flexibility index (Phi) is 2.22. The van der Waals surface area contributed by atoms with Gasteiger partial charge in [0.05, 0.1) is 18.3 Å². The van der Waals surface area contributed by atoms with Gasteiger partial charge in [0.15, 0.2) is 0 Å². The zero-order valence-corrected chi connectivity index (χ0v) is 8.83. The van der Waals surface area contributed by atoms with E-state index in [0.717, 1.165) is 4.88 Å². The van der Waals surface area contributed by atoms with E-state index in [2.05, 4.69) is 20.5 Å². The lowest BCUT2D eigenvalue weighted by molar-refractivity contribution is 0.477. The second-order valence-electron chi connectivity index (χ2n) is 3.52. The van der Waals surface area contributed by atoms with Crippen LogP contribution < -0.4 is 5.32 Å². The number of nitrogens with zero attached hydrogens (tertiary/aromatic N) is 3.